The number of rotatable bonds is 1. The van der Waals surface area contributed by atoms with Gasteiger partial charge in [-0.05, 0) is 12.1 Å². The molecule has 3 rings (SSSR count). The fraction of sp³-hybridized carbons (Fsp3) is 0.0833. The standard InChI is InChI=1S/C12H9N5/c1-16-8-9(7-14-16)12-10(6-13)17-5-3-2-4-11(17)15-12/h2-5,7-8H,1H3. The molecule has 0 fully saturated rings. The number of aromatic nitrogens is 4. The number of pyridine rings is 1. The van der Waals surface area contributed by atoms with Crippen LogP contribution in [0.1, 0.15) is 5.69 Å². The van der Waals surface area contributed by atoms with Crippen molar-refractivity contribution >= 4 is 5.65 Å². The van der Waals surface area contributed by atoms with Crippen LogP contribution in [0.25, 0.3) is 16.9 Å². The second kappa shape index (κ2) is 3.46. The predicted molar refractivity (Wildman–Crippen MR) is 62.1 cm³/mol. The summed E-state index contributed by atoms with van der Waals surface area (Å²) in [5, 5.41) is 13.3. The first kappa shape index (κ1) is 9.60. The second-order valence-corrected chi connectivity index (χ2v) is 3.75. The smallest absolute Gasteiger partial charge is 0.152 e. The predicted octanol–water partition coefficient (Wildman–Crippen LogP) is 1.61. The van der Waals surface area contributed by atoms with Gasteiger partial charge in [0.15, 0.2) is 5.69 Å². The largest absolute Gasteiger partial charge is 0.291 e. The highest BCUT2D eigenvalue weighted by atomic mass is 15.2. The lowest BCUT2D eigenvalue weighted by atomic mass is 10.2. The van der Waals surface area contributed by atoms with Crippen molar-refractivity contribution in [3.8, 4) is 17.3 Å². The van der Waals surface area contributed by atoms with E-state index in [1.807, 2.05) is 37.6 Å². The Hall–Kier alpha value is -2.61. The summed E-state index contributed by atoms with van der Waals surface area (Å²) in [7, 11) is 1.84. The van der Waals surface area contributed by atoms with E-state index in [-0.39, 0.29) is 0 Å². The minimum absolute atomic E-state index is 0.536. The van der Waals surface area contributed by atoms with Crippen molar-refractivity contribution in [3.63, 3.8) is 0 Å². The zero-order chi connectivity index (χ0) is 11.8. The lowest BCUT2D eigenvalue weighted by Gasteiger charge is -1.92. The van der Waals surface area contributed by atoms with Crippen LogP contribution in [0.4, 0.5) is 0 Å². The van der Waals surface area contributed by atoms with E-state index in [9.17, 15) is 5.26 Å². The van der Waals surface area contributed by atoms with Crippen molar-refractivity contribution in [1.29, 1.82) is 5.26 Å². The third-order valence-corrected chi connectivity index (χ3v) is 2.61. The van der Waals surface area contributed by atoms with Gasteiger partial charge in [-0.15, -0.1) is 0 Å². The number of hydrogen-bond acceptors (Lipinski definition) is 3. The van der Waals surface area contributed by atoms with Gasteiger partial charge >= 0.3 is 0 Å². The summed E-state index contributed by atoms with van der Waals surface area (Å²) in [4.78, 5) is 4.45. The molecule has 82 valence electrons. The fourth-order valence-electron chi connectivity index (χ4n) is 1.85. The number of fused-ring (bicyclic) bond motifs is 1. The fourth-order valence-corrected chi connectivity index (χ4v) is 1.85. The lowest BCUT2D eigenvalue weighted by molar-refractivity contribution is 0.768. The Balaban J connectivity index is 2.34. The highest BCUT2D eigenvalue weighted by molar-refractivity contribution is 5.68. The van der Waals surface area contributed by atoms with Gasteiger partial charge in [0.2, 0.25) is 0 Å². The average molecular weight is 223 g/mol. The molecule has 0 amide bonds. The molecular weight excluding hydrogens is 214 g/mol. The Labute approximate surface area is 97.6 Å². The van der Waals surface area contributed by atoms with E-state index in [0.717, 1.165) is 11.2 Å². The van der Waals surface area contributed by atoms with Gasteiger partial charge in [-0.1, -0.05) is 6.07 Å². The summed E-state index contributed by atoms with van der Waals surface area (Å²) in [6.45, 7) is 0. The molecule has 3 aromatic rings. The molecule has 0 aromatic carbocycles. The maximum atomic E-state index is 9.24. The molecule has 0 saturated carbocycles. The number of hydrogen-bond donors (Lipinski definition) is 0. The number of imidazole rings is 1. The van der Waals surface area contributed by atoms with Crippen LogP contribution in [-0.2, 0) is 7.05 Å². The molecule has 0 atom stereocenters. The Morgan fingerprint density at radius 3 is 2.94 bits per heavy atom. The van der Waals surface area contributed by atoms with Crippen molar-refractivity contribution in [2.45, 2.75) is 0 Å². The molecule has 5 heteroatoms. The maximum absolute atomic E-state index is 9.24. The van der Waals surface area contributed by atoms with Crippen LogP contribution in [-0.4, -0.2) is 19.2 Å². The van der Waals surface area contributed by atoms with Crippen LogP contribution in [0.15, 0.2) is 36.8 Å². The second-order valence-electron chi connectivity index (χ2n) is 3.75. The van der Waals surface area contributed by atoms with Crippen LogP contribution in [0.3, 0.4) is 0 Å². The third-order valence-electron chi connectivity index (χ3n) is 2.61. The summed E-state index contributed by atoms with van der Waals surface area (Å²) >= 11 is 0. The van der Waals surface area contributed by atoms with Gasteiger partial charge in [0.05, 0.1) is 6.20 Å². The van der Waals surface area contributed by atoms with E-state index in [1.165, 1.54) is 0 Å². The molecule has 0 radical (unpaired) electrons. The molecule has 0 aliphatic carbocycles. The summed E-state index contributed by atoms with van der Waals surface area (Å²) in [5.41, 5.74) is 2.83. The van der Waals surface area contributed by atoms with Crippen LogP contribution >= 0.6 is 0 Å². The molecule has 0 N–H and O–H groups in total. The summed E-state index contributed by atoms with van der Waals surface area (Å²) in [6, 6.07) is 7.84. The molecule has 0 aliphatic rings. The number of nitrogens with zero attached hydrogens (tertiary/aromatic N) is 5. The van der Waals surface area contributed by atoms with Gasteiger partial charge in [0.1, 0.15) is 17.4 Å². The maximum Gasteiger partial charge on any atom is 0.152 e. The van der Waals surface area contributed by atoms with Gasteiger partial charge in [-0.2, -0.15) is 10.4 Å². The summed E-state index contributed by atoms with van der Waals surface area (Å²) in [5.74, 6) is 0. The van der Waals surface area contributed by atoms with Crippen molar-refractivity contribution in [2.24, 2.45) is 7.05 Å². The highest BCUT2D eigenvalue weighted by Crippen LogP contribution is 2.22. The van der Waals surface area contributed by atoms with Gasteiger partial charge in [-0.3, -0.25) is 9.08 Å². The summed E-state index contributed by atoms with van der Waals surface area (Å²) in [6.07, 6.45) is 5.39. The Morgan fingerprint density at radius 1 is 1.35 bits per heavy atom. The third kappa shape index (κ3) is 1.39. The Kier molecular flexibility index (Phi) is 1.95. The first-order valence-electron chi connectivity index (χ1n) is 5.16. The molecule has 0 aliphatic heterocycles. The van der Waals surface area contributed by atoms with Gasteiger partial charge < -0.3 is 0 Å². The van der Waals surface area contributed by atoms with Crippen LogP contribution < -0.4 is 0 Å². The van der Waals surface area contributed by atoms with Gasteiger partial charge in [0.25, 0.3) is 0 Å². The average Bonchev–Trinajstić information content (AvgIpc) is 2.91. The zero-order valence-electron chi connectivity index (χ0n) is 9.20. The Morgan fingerprint density at radius 2 is 2.24 bits per heavy atom. The van der Waals surface area contributed by atoms with E-state index < -0.39 is 0 Å². The SMILES string of the molecule is Cn1cc(-c2nc3ccccn3c2C#N)cn1. The molecule has 0 unspecified atom stereocenters. The molecule has 3 aromatic heterocycles. The minimum atomic E-state index is 0.536. The topological polar surface area (TPSA) is 58.9 Å². The van der Waals surface area contributed by atoms with Crippen molar-refractivity contribution in [3.05, 3.63) is 42.5 Å². The normalized spacial score (nSPS) is 10.6. The van der Waals surface area contributed by atoms with Crippen LogP contribution in [0, 0.1) is 11.3 Å². The molecule has 0 bridgehead atoms. The monoisotopic (exact) mass is 223 g/mol. The van der Waals surface area contributed by atoms with Crippen molar-refractivity contribution in [1.82, 2.24) is 19.2 Å². The lowest BCUT2D eigenvalue weighted by Crippen LogP contribution is -1.87. The van der Waals surface area contributed by atoms with Crippen LogP contribution in [0.5, 0.6) is 0 Å². The van der Waals surface area contributed by atoms with Gasteiger partial charge in [0, 0.05) is 25.0 Å². The van der Waals surface area contributed by atoms with E-state index in [0.29, 0.717) is 11.4 Å². The number of nitriles is 1. The molecular formula is C12H9N5. The number of aryl methyl sites for hydroxylation is 1. The van der Waals surface area contributed by atoms with E-state index >= 15 is 0 Å². The van der Waals surface area contributed by atoms with Crippen LogP contribution in [0.2, 0.25) is 0 Å². The highest BCUT2D eigenvalue weighted by Gasteiger charge is 2.14. The quantitative estimate of drug-likeness (QED) is 0.629. The van der Waals surface area contributed by atoms with Crippen molar-refractivity contribution < 1.29 is 0 Å². The molecule has 17 heavy (non-hydrogen) atoms. The minimum Gasteiger partial charge on any atom is -0.291 e. The Bertz CT molecular complexity index is 729. The first-order valence-corrected chi connectivity index (χ1v) is 5.16. The van der Waals surface area contributed by atoms with E-state index in [1.54, 1.807) is 15.3 Å². The zero-order valence-corrected chi connectivity index (χ0v) is 9.20. The molecule has 0 saturated heterocycles. The molecule has 5 nitrogen and oxygen atoms in total. The first-order chi connectivity index (χ1) is 8.29. The molecule has 3 heterocycles. The van der Waals surface area contributed by atoms with E-state index in [2.05, 4.69) is 16.2 Å². The van der Waals surface area contributed by atoms with Gasteiger partial charge in [-0.25, -0.2) is 4.98 Å². The molecule has 0 spiro atoms. The van der Waals surface area contributed by atoms with E-state index in [4.69, 9.17) is 0 Å². The van der Waals surface area contributed by atoms with Crippen molar-refractivity contribution in [2.75, 3.05) is 0 Å². The summed E-state index contributed by atoms with van der Waals surface area (Å²) < 4.78 is 3.48.